The molecule has 1 aromatic carbocycles. The molecular weight excluding hydrogens is 275 g/mol. The molecule has 0 saturated heterocycles. The molecule has 0 N–H and O–H groups in total. The van der Waals surface area contributed by atoms with Crippen LogP contribution in [0.5, 0.6) is 0 Å². The van der Waals surface area contributed by atoms with Crippen molar-refractivity contribution in [1.29, 1.82) is 0 Å². The molecule has 0 atom stereocenters. The molecule has 0 spiro atoms. The van der Waals surface area contributed by atoms with Gasteiger partial charge < -0.3 is 4.57 Å². The first kappa shape index (κ1) is 8.74. The molecule has 0 bridgehead atoms. The fraction of sp³-hybridized carbons (Fsp3) is 0.100. The number of aromatic nitrogens is 2. The first-order valence-corrected chi connectivity index (χ1v) is 5.11. The maximum Gasteiger partial charge on any atom is 0.110 e. The van der Waals surface area contributed by atoms with Gasteiger partial charge in [-0.15, -0.1) is 0 Å². The summed E-state index contributed by atoms with van der Waals surface area (Å²) in [6, 6.07) is 8.37. The first-order valence-electron chi connectivity index (χ1n) is 4.03. The lowest BCUT2D eigenvalue weighted by molar-refractivity contribution is 0.974. The van der Waals surface area contributed by atoms with Crippen LogP contribution in [0.3, 0.4) is 0 Å². The molecule has 2 aromatic rings. The number of hydrogen-bond donors (Lipinski definition) is 0. The lowest BCUT2D eigenvalue weighted by Crippen LogP contribution is -1.94. The highest BCUT2D eigenvalue weighted by Gasteiger charge is 1.98. The monoisotopic (exact) mass is 284 g/mol. The van der Waals surface area contributed by atoms with Gasteiger partial charge in [0, 0.05) is 21.7 Å². The molecule has 0 saturated carbocycles. The number of halogens is 1. The van der Waals surface area contributed by atoms with Gasteiger partial charge in [0.15, 0.2) is 0 Å². The van der Waals surface area contributed by atoms with Crippen molar-refractivity contribution in [1.82, 2.24) is 9.55 Å². The fourth-order valence-corrected chi connectivity index (χ4v) is 1.61. The molecule has 0 aliphatic carbocycles. The quantitative estimate of drug-likeness (QED) is 0.736. The Labute approximate surface area is 90.8 Å². The normalized spacial score (nSPS) is 10.3. The average molecular weight is 284 g/mol. The van der Waals surface area contributed by atoms with Gasteiger partial charge in [-0.1, -0.05) is 0 Å². The Bertz CT molecular complexity index is 403. The molecule has 3 heteroatoms. The summed E-state index contributed by atoms with van der Waals surface area (Å²) in [5, 5.41) is 0. The van der Waals surface area contributed by atoms with Gasteiger partial charge in [0.1, 0.15) is 5.82 Å². The Kier molecular flexibility index (Phi) is 2.35. The van der Waals surface area contributed by atoms with Crippen LogP contribution < -0.4 is 0 Å². The third kappa shape index (κ3) is 1.75. The van der Waals surface area contributed by atoms with Gasteiger partial charge in [-0.2, -0.15) is 0 Å². The molecule has 2 rings (SSSR count). The highest BCUT2D eigenvalue weighted by Crippen LogP contribution is 2.12. The van der Waals surface area contributed by atoms with Crippen LogP contribution in [0.25, 0.3) is 5.69 Å². The van der Waals surface area contributed by atoms with Crippen LogP contribution in [-0.4, -0.2) is 9.55 Å². The first-order chi connectivity index (χ1) is 6.27. The number of nitrogens with zero attached hydrogens (tertiary/aromatic N) is 2. The van der Waals surface area contributed by atoms with Gasteiger partial charge >= 0.3 is 0 Å². The maximum atomic E-state index is 4.18. The minimum atomic E-state index is 1.02. The smallest absolute Gasteiger partial charge is 0.110 e. The Morgan fingerprint density at radius 1 is 1.23 bits per heavy atom. The van der Waals surface area contributed by atoms with Crippen molar-refractivity contribution in [3.05, 3.63) is 46.1 Å². The van der Waals surface area contributed by atoms with Crippen LogP contribution >= 0.6 is 22.6 Å². The van der Waals surface area contributed by atoms with Crippen LogP contribution in [0.4, 0.5) is 0 Å². The summed E-state index contributed by atoms with van der Waals surface area (Å²) < 4.78 is 3.31. The second-order valence-electron chi connectivity index (χ2n) is 2.82. The zero-order chi connectivity index (χ0) is 9.26. The van der Waals surface area contributed by atoms with Gasteiger partial charge in [-0.3, -0.25) is 0 Å². The third-order valence-corrected chi connectivity index (χ3v) is 2.65. The molecule has 0 aliphatic rings. The standard InChI is InChI=1S/C10H9IN2/c1-8-12-6-7-13(8)10-4-2-9(11)3-5-10/h2-7H,1H3. The van der Waals surface area contributed by atoms with Gasteiger partial charge in [0.2, 0.25) is 0 Å². The molecule has 0 unspecified atom stereocenters. The topological polar surface area (TPSA) is 17.8 Å². The van der Waals surface area contributed by atoms with Crippen LogP contribution in [0.15, 0.2) is 36.7 Å². The van der Waals surface area contributed by atoms with Crippen molar-refractivity contribution in [2.24, 2.45) is 0 Å². The van der Waals surface area contributed by atoms with E-state index in [1.165, 1.54) is 3.57 Å². The van der Waals surface area contributed by atoms with E-state index >= 15 is 0 Å². The number of rotatable bonds is 1. The lowest BCUT2D eigenvalue weighted by Gasteiger charge is -2.03. The Hall–Kier alpha value is -0.840. The van der Waals surface area contributed by atoms with Crippen molar-refractivity contribution >= 4 is 22.6 Å². The minimum absolute atomic E-state index is 1.02. The number of aryl methyl sites for hydroxylation is 1. The molecule has 0 fully saturated rings. The van der Waals surface area contributed by atoms with Crippen LogP contribution in [0.1, 0.15) is 5.82 Å². The van der Waals surface area contributed by atoms with Gasteiger partial charge in [-0.05, 0) is 53.8 Å². The molecule has 66 valence electrons. The van der Waals surface area contributed by atoms with E-state index in [0.717, 1.165) is 11.5 Å². The van der Waals surface area contributed by atoms with Crippen LogP contribution in [-0.2, 0) is 0 Å². The molecule has 13 heavy (non-hydrogen) atoms. The van der Waals surface area contributed by atoms with E-state index in [9.17, 15) is 0 Å². The van der Waals surface area contributed by atoms with E-state index in [1.807, 2.05) is 19.3 Å². The van der Waals surface area contributed by atoms with Crippen molar-refractivity contribution in [3.63, 3.8) is 0 Å². The third-order valence-electron chi connectivity index (χ3n) is 1.93. The van der Waals surface area contributed by atoms with Crippen LogP contribution in [0, 0.1) is 10.5 Å². The molecule has 1 aromatic heterocycles. The minimum Gasteiger partial charge on any atom is -0.304 e. The summed E-state index contributed by atoms with van der Waals surface area (Å²) in [6.07, 6.45) is 3.78. The lowest BCUT2D eigenvalue weighted by atomic mass is 10.3. The summed E-state index contributed by atoms with van der Waals surface area (Å²) in [5.41, 5.74) is 1.16. The Balaban J connectivity index is 2.47. The SMILES string of the molecule is Cc1nccn1-c1ccc(I)cc1. The maximum absolute atomic E-state index is 4.18. The molecule has 0 amide bonds. The predicted molar refractivity (Wildman–Crippen MR) is 61.0 cm³/mol. The second kappa shape index (κ2) is 3.49. The number of hydrogen-bond acceptors (Lipinski definition) is 1. The van der Waals surface area contributed by atoms with Gasteiger partial charge in [0.05, 0.1) is 0 Å². The molecule has 0 radical (unpaired) electrons. The highest BCUT2D eigenvalue weighted by atomic mass is 127. The Morgan fingerprint density at radius 3 is 2.46 bits per heavy atom. The predicted octanol–water partition coefficient (Wildman–Crippen LogP) is 2.79. The fourth-order valence-electron chi connectivity index (χ4n) is 1.25. The van der Waals surface area contributed by atoms with E-state index in [0.29, 0.717) is 0 Å². The summed E-state index contributed by atoms with van der Waals surface area (Å²) >= 11 is 2.30. The van der Waals surface area contributed by atoms with Gasteiger partial charge in [-0.25, -0.2) is 4.98 Å². The van der Waals surface area contributed by atoms with E-state index < -0.39 is 0 Å². The summed E-state index contributed by atoms with van der Waals surface area (Å²) in [4.78, 5) is 4.18. The zero-order valence-electron chi connectivity index (χ0n) is 7.24. The van der Waals surface area contributed by atoms with E-state index in [1.54, 1.807) is 0 Å². The summed E-state index contributed by atoms with van der Waals surface area (Å²) in [5.74, 6) is 1.02. The Morgan fingerprint density at radius 2 is 1.92 bits per heavy atom. The highest BCUT2D eigenvalue weighted by molar-refractivity contribution is 14.1. The van der Waals surface area contributed by atoms with Crippen molar-refractivity contribution < 1.29 is 0 Å². The van der Waals surface area contributed by atoms with E-state index in [-0.39, 0.29) is 0 Å². The van der Waals surface area contributed by atoms with Crippen molar-refractivity contribution in [2.45, 2.75) is 6.92 Å². The second-order valence-corrected chi connectivity index (χ2v) is 4.07. The van der Waals surface area contributed by atoms with Crippen molar-refractivity contribution in [3.8, 4) is 5.69 Å². The number of benzene rings is 1. The largest absolute Gasteiger partial charge is 0.304 e. The van der Waals surface area contributed by atoms with E-state index in [4.69, 9.17) is 0 Å². The van der Waals surface area contributed by atoms with E-state index in [2.05, 4.69) is 56.4 Å². The zero-order valence-corrected chi connectivity index (χ0v) is 9.39. The number of imidazole rings is 1. The average Bonchev–Trinajstić information content (AvgIpc) is 2.53. The molecular formula is C10H9IN2. The van der Waals surface area contributed by atoms with Gasteiger partial charge in [0.25, 0.3) is 0 Å². The van der Waals surface area contributed by atoms with Crippen molar-refractivity contribution in [2.75, 3.05) is 0 Å². The molecule has 2 nitrogen and oxygen atoms in total. The molecule has 1 heterocycles. The summed E-state index contributed by atoms with van der Waals surface area (Å²) in [7, 11) is 0. The molecule has 0 aliphatic heterocycles. The summed E-state index contributed by atoms with van der Waals surface area (Å²) in [6.45, 7) is 2.00. The van der Waals surface area contributed by atoms with Crippen LogP contribution in [0.2, 0.25) is 0 Å².